The first-order valence-corrected chi connectivity index (χ1v) is 6.04. The summed E-state index contributed by atoms with van der Waals surface area (Å²) in [6, 6.07) is 8.39. The van der Waals surface area contributed by atoms with E-state index in [2.05, 4.69) is 15.4 Å². The fraction of sp³-hybridized carbons (Fsp3) is 0.143. The second-order valence-corrected chi connectivity index (χ2v) is 4.36. The normalized spacial score (nSPS) is 12.5. The van der Waals surface area contributed by atoms with Gasteiger partial charge in [-0.05, 0) is 30.7 Å². The maximum Gasteiger partial charge on any atom is 0.152 e. The lowest BCUT2D eigenvalue weighted by Gasteiger charge is -2.15. The van der Waals surface area contributed by atoms with E-state index in [-0.39, 0.29) is 11.9 Å². The van der Waals surface area contributed by atoms with Crippen molar-refractivity contribution in [3.63, 3.8) is 0 Å². The van der Waals surface area contributed by atoms with Crippen molar-refractivity contribution in [1.29, 1.82) is 0 Å². The average Bonchev–Trinajstić information content (AvgIpc) is 2.88. The van der Waals surface area contributed by atoms with Gasteiger partial charge in [-0.2, -0.15) is 5.10 Å². The third kappa shape index (κ3) is 2.27. The molecule has 2 heterocycles. The number of anilines is 1. The first kappa shape index (κ1) is 11.6. The van der Waals surface area contributed by atoms with Crippen LogP contribution in [-0.2, 0) is 0 Å². The quantitative estimate of drug-likeness (QED) is 0.783. The second kappa shape index (κ2) is 4.68. The van der Waals surface area contributed by atoms with E-state index >= 15 is 0 Å². The minimum absolute atomic E-state index is 0.0377. The number of fused-ring (bicyclic) bond motifs is 1. The van der Waals surface area contributed by atoms with Gasteiger partial charge in [-0.1, -0.05) is 12.1 Å². The van der Waals surface area contributed by atoms with Gasteiger partial charge in [0, 0.05) is 12.4 Å². The molecule has 3 rings (SSSR count). The van der Waals surface area contributed by atoms with Crippen molar-refractivity contribution in [2.75, 3.05) is 5.32 Å². The molecule has 96 valence electrons. The standard InChI is InChI=1S/C14H13FN4/c1-10(11-3-2-4-12(15)9-11)18-14-13-5-6-17-19(13)8-7-16-14/h2-10H,1H3,(H,16,18). The molecule has 1 unspecified atom stereocenters. The Labute approximate surface area is 109 Å². The largest absolute Gasteiger partial charge is 0.362 e. The molecule has 19 heavy (non-hydrogen) atoms. The molecule has 4 nitrogen and oxygen atoms in total. The number of nitrogens with zero attached hydrogens (tertiary/aromatic N) is 3. The lowest BCUT2D eigenvalue weighted by Crippen LogP contribution is -2.09. The Kier molecular flexibility index (Phi) is 2.87. The van der Waals surface area contributed by atoms with Gasteiger partial charge in [-0.3, -0.25) is 0 Å². The summed E-state index contributed by atoms with van der Waals surface area (Å²) in [6.45, 7) is 1.97. The summed E-state index contributed by atoms with van der Waals surface area (Å²) >= 11 is 0. The number of hydrogen-bond donors (Lipinski definition) is 1. The highest BCUT2D eigenvalue weighted by Gasteiger charge is 2.09. The Balaban J connectivity index is 1.90. The zero-order valence-electron chi connectivity index (χ0n) is 10.4. The zero-order valence-corrected chi connectivity index (χ0v) is 10.4. The van der Waals surface area contributed by atoms with Gasteiger partial charge in [0.15, 0.2) is 5.82 Å². The second-order valence-electron chi connectivity index (χ2n) is 4.36. The molecule has 1 atom stereocenters. The van der Waals surface area contributed by atoms with Gasteiger partial charge < -0.3 is 5.32 Å². The maximum absolute atomic E-state index is 13.2. The Morgan fingerprint density at radius 2 is 2.16 bits per heavy atom. The molecule has 0 aliphatic rings. The fourth-order valence-electron chi connectivity index (χ4n) is 2.03. The van der Waals surface area contributed by atoms with E-state index in [1.807, 2.05) is 19.1 Å². The molecule has 0 bridgehead atoms. The summed E-state index contributed by atoms with van der Waals surface area (Å²) < 4.78 is 15.0. The number of aromatic nitrogens is 3. The highest BCUT2D eigenvalue weighted by atomic mass is 19.1. The molecule has 5 heteroatoms. The molecule has 0 aliphatic carbocycles. The van der Waals surface area contributed by atoms with Crippen LogP contribution in [0.15, 0.2) is 48.9 Å². The summed E-state index contributed by atoms with van der Waals surface area (Å²) in [5, 5.41) is 7.43. The van der Waals surface area contributed by atoms with E-state index in [4.69, 9.17) is 0 Å². The highest BCUT2D eigenvalue weighted by Crippen LogP contribution is 2.21. The molecule has 3 aromatic rings. The van der Waals surface area contributed by atoms with Crippen LogP contribution in [0.3, 0.4) is 0 Å². The third-order valence-electron chi connectivity index (χ3n) is 3.03. The highest BCUT2D eigenvalue weighted by molar-refractivity contribution is 5.67. The van der Waals surface area contributed by atoms with Crippen LogP contribution >= 0.6 is 0 Å². The summed E-state index contributed by atoms with van der Waals surface area (Å²) in [6.07, 6.45) is 5.18. The van der Waals surface area contributed by atoms with Crippen molar-refractivity contribution < 1.29 is 4.39 Å². The summed E-state index contributed by atoms with van der Waals surface area (Å²) in [5.74, 6) is 0.499. The predicted molar refractivity (Wildman–Crippen MR) is 71.4 cm³/mol. The van der Waals surface area contributed by atoms with Crippen LogP contribution in [0, 0.1) is 5.82 Å². The van der Waals surface area contributed by atoms with Gasteiger partial charge in [0.2, 0.25) is 0 Å². The molecule has 0 spiro atoms. The molecule has 0 saturated carbocycles. The molecular weight excluding hydrogens is 243 g/mol. The lowest BCUT2D eigenvalue weighted by molar-refractivity contribution is 0.623. The Morgan fingerprint density at radius 1 is 1.26 bits per heavy atom. The van der Waals surface area contributed by atoms with Crippen LogP contribution in [0.1, 0.15) is 18.5 Å². The first-order valence-electron chi connectivity index (χ1n) is 6.04. The maximum atomic E-state index is 13.2. The van der Waals surface area contributed by atoms with Crippen LogP contribution in [-0.4, -0.2) is 14.6 Å². The van der Waals surface area contributed by atoms with E-state index < -0.39 is 0 Å². The number of benzene rings is 1. The predicted octanol–water partition coefficient (Wildman–Crippen LogP) is 3.04. The Bertz CT molecular complexity index is 707. The number of rotatable bonds is 3. The summed E-state index contributed by atoms with van der Waals surface area (Å²) in [7, 11) is 0. The van der Waals surface area contributed by atoms with Crippen molar-refractivity contribution in [2.24, 2.45) is 0 Å². The van der Waals surface area contributed by atoms with Crippen LogP contribution in [0.25, 0.3) is 5.52 Å². The number of hydrogen-bond acceptors (Lipinski definition) is 3. The monoisotopic (exact) mass is 256 g/mol. The van der Waals surface area contributed by atoms with Crippen molar-refractivity contribution in [3.05, 3.63) is 60.3 Å². The number of halogens is 1. The molecule has 0 radical (unpaired) electrons. The third-order valence-corrected chi connectivity index (χ3v) is 3.03. The number of nitrogens with one attached hydrogen (secondary N) is 1. The van der Waals surface area contributed by atoms with Crippen LogP contribution in [0.4, 0.5) is 10.2 Å². The van der Waals surface area contributed by atoms with Crippen LogP contribution in [0.5, 0.6) is 0 Å². The van der Waals surface area contributed by atoms with Crippen LogP contribution < -0.4 is 5.32 Å². The fourth-order valence-corrected chi connectivity index (χ4v) is 2.03. The molecule has 0 saturated heterocycles. The SMILES string of the molecule is CC(Nc1nccn2nccc12)c1cccc(F)c1. The van der Waals surface area contributed by atoms with Crippen molar-refractivity contribution in [3.8, 4) is 0 Å². The average molecular weight is 256 g/mol. The van der Waals surface area contributed by atoms with E-state index in [0.717, 1.165) is 16.9 Å². The van der Waals surface area contributed by atoms with Gasteiger partial charge in [-0.15, -0.1) is 0 Å². The van der Waals surface area contributed by atoms with E-state index in [1.165, 1.54) is 12.1 Å². The molecule has 0 amide bonds. The van der Waals surface area contributed by atoms with Gasteiger partial charge in [-0.25, -0.2) is 13.9 Å². The molecule has 0 aliphatic heterocycles. The van der Waals surface area contributed by atoms with Crippen molar-refractivity contribution >= 4 is 11.3 Å². The van der Waals surface area contributed by atoms with Gasteiger partial charge in [0.25, 0.3) is 0 Å². The smallest absolute Gasteiger partial charge is 0.152 e. The topological polar surface area (TPSA) is 42.2 Å². The molecule has 2 aromatic heterocycles. The molecular formula is C14H13FN4. The Morgan fingerprint density at radius 3 is 3.00 bits per heavy atom. The lowest BCUT2D eigenvalue weighted by atomic mass is 10.1. The first-order chi connectivity index (χ1) is 9.24. The Hall–Kier alpha value is -2.43. The minimum atomic E-state index is -0.235. The molecule has 1 N–H and O–H groups in total. The zero-order chi connectivity index (χ0) is 13.2. The van der Waals surface area contributed by atoms with Gasteiger partial charge >= 0.3 is 0 Å². The van der Waals surface area contributed by atoms with Crippen molar-refractivity contribution in [1.82, 2.24) is 14.6 Å². The van der Waals surface area contributed by atoms with Gasteiger partial charge in [0.1, 0.15) is 11.3 Å². The summed E-state index contributed by atoms with van der Waals surface area (Å²) in [4.78, 5) is 4.30. The van der Waals surface area contributed by atoms with Gasteiger partial charge in [0.05, 0.1) is 12.2 Å². The van der Waals surface area contributed by atoms with Crippen LogP contribution in [0.2, 0.25) is 0 Å². The minimum Gasteiger partial charge on any atom is -0.362 e. The summed E-state index contributed by atoms with van der Waals surface area (Å²) in [5.41, 5.74) is 1.77. The van der Waals surface area contributed by atoms with E-state index in [1.54, 1.807) is 29.2 Å². The van der Waals surface area contributed by atoms with Crippen molar-refractivity contribution in [2.45, 2.75) is 13.0 Å². The van der Waals surface area contributed by atoms with E-state index in [0.29, 0.717) is 0 Å². The molecule has 0 fully saturated rings. The molecule has 1 aromatic carbocycles. The van der Waals surface area contributed by atoms with E-state index in [9.17, 15) is 4.39 Å².